The van der Waals surface area contributed by atoms with Crippen LogP contribution in [0.1, 0.15) is 32.3 Å². The molecule has 0 radical (unpaired) electrons. The molecule has 2 aromatic carbocycles. The third kappa shape index (κ3) is 8.12. The molecule has 33 heavy (non-hydrogen) atoms. The van der Waals surface area contributed by atoms with E-state index in [1.54, 1.807) is 6.92 Å². The van der Waals surface area contributed by atoms with Crippen molar-refractivity contribution in [1.82, 2.24) is 10.2 Å². The van der Waals surface area contributed by atoms with Crippen LogP contribution in [0.15, 0.2) is 53.0 Å². The van der Waals surface area contributed by atoms with Crippen LogP contribution in [0.5, 0.6) is 0 Å². The average Bonchev–Trinajstić information content (AvgIpc) is 2.75. The van der Waals surface area contributed by atoms with E-state index in [9.17, 15) is 22.4 Å². The first-order valence-electron chi connectivity index (χ1n) is 10.6. The minimum atomic E-state index is -3.85. The third-order valence-electron chi connectivity index (χ3n) is 5.03. The summed E-state index contributed by atoms with van der Waals surface area (Å²) in [5, 5.41) is 2.82. The molecule has 180 valence electrons. The fraction of sp³-hybridized carbons (Fsp3) is 0.391. The van der Waals surface area contributed by atoms with E-state index in [-0.39, 0.29) is 18.1 Å². The van der Waals surface area contributed by atoms with E-state index >= 15 is 0 Å². The van der Waals surface area contributed by atoms with E-state index in [1.165, 1.54) is 17.0 Å². The van der Waals surface area contributed by atoms with Crippen molar-refractivity contribution < 1.29 is 22.4 Å². The van der Waals surface area contributed by atoms with E-state index in [0.717, 1.165) is 45.6 Å². The van der Waals surface area contributed by atoms with Crippen molar-refractivity contribution in [1.29, 1.82) is 0 Å². The van der Waals surface area contributed by atoms with Gasteiger partial charge in [0.1, 0.15) is 18.4 Å². The Balaban J connectivity index is 2.33. The van der Waals surface area contributed by atoms with Crippen molar-refractivity contribution in [3.05, 3.63) is 64.4 Å². The van der Waals surface area contributed by atoms with Gasteiger partial charge in [-0.3, -0.25) is 13.9 Å². The number of benzene rings is 2. The second-order valence-electron chi connectivity index (χ2n) is 7.72. The number of rotatable bonds is 11. The van der Waals surface area contributed by atoms with Gasteiger partial charge in [-0.25, -0.2) is 12.8 Å². The number of hydrogen-bond acceptors (Lipinski definition) is 4. The second-order valence-corrected chi connectivity index (χ2v) is 10.5. The quantitative estimate of drug-likeness (QED) is 0.439. The van der Waals surface area contributed by atoms with Crippen molar-refractivity contribution in [3.8, 4) is 0 Å². The minimum Gasteiger partial charge on any atom is -0.354 e. The highest BCUT2D eigenvalue weighted by Crippen LogP contribution is 2.20. The Kier molecular flexibility index (Phi) is 9.85. The van der Waals surface area contributed by atoms with Gasteiger partial charge in [-0.05, 0) is 55.3 Å². The molecule has 0 saturated carbocycles. The van der Waals surface area contributed by atoms with Gasteiger partial charge >= 0.3 is 0 Å². The molecule has 1 atom stereocenters. The summed E-state index contributed by atoms with van der Waals surface area (Å²) in [6.07, 6.45) is 2.70. The van der Waals surface area contributed by atoms with Gasteiger partial charge in [0.05, 0.1) is 11.9 Å². The molecule has 0 aromatic heterocycles. The zero-order chi connectivity index (χ0) is 24.6. The summed E-state index contributed by atoms with van der Waals surface area (Å²) >= 11 is 3.40. The number of nitrogens with one attached hydrogen (secondary N) is 1. The van der Waals surface area contributed by atoms with Crippen LogP contribution in [0, 0.1) is 5.82 Å². The van der Waals surface area contributed by atoms with Gasteiger partial charge < -0.3 is 10.2 Å². The predicted molar refractivity (Wildman–Crippen MR) is 131 cm³/mol. The number of carbonyl (C=O) groups is 2. The highest BCUT2D eigenvalue weighted by atomic mass is 79.9. The first-order valence-corrected chi connectivity index (χ1v) is 13.2. The predicted octanol–water partition coefficient (Wildman–Crippen LogP) is 3.69. The molecule has 10 heteroatoms. The van der Waals surface area contributed by atoms with Crippen molar-refractivity contribution in [2.75, 3.05) is 23.7 Å². The van der Waals surface area contributed by atoms with Gasteiger partial charge in [-0.15, -0.1) is 0 Å². The molecule has 2 amide bonds. The highest BCUT2D eigenvalue weighted by Gasteiger charge is 2.30. The van der Waals surface area contributed by atoms with Crippen LogP contribution < -0.4 is 9.62 Å². The van der Waals surface area contributed by atoms with Crippen LogP contribution in [-0.2, 0) is 26.2 Å². The Morgan fingerprint density at radius 3 is 2.39 bits per heavy atom. The molecule has 0 spiro atoms. The van der Waals surface area contributed by atoms with Crippen LogP contribution in [-0.4, -0.2) is 50.5 Å². The van der Waals surface area contributed by atoms with E-state index in [4.69, 9.17) is 0 Å². The summed E-state index contributed by atoms with van der Waals surface area (Å²) in [7, 11) is -3.85. The Labute approximate surface area is 203 Å². The molecule has 0 bridgehead atoms. The highest BCUT2D eigenvalue weighted by molar-refractivity contribution is 9.10. The summed E-state index contributed by atoms with van der Waals surface area (Å²) in [5.41, 5.74) is 0.938. The maximum absolute atomic E-state index is 13.4. The molecule has 0 aliphatic carbocycles. The number of anilines is 1. The van der Waals surface area contributed by atoms with Crippen LogP contribution in [0.25, 0.3) is 0 Å². The number of hydrogen-bond donors (Lipinski definition) is 1. The first kappa shape index (κ1) is 26.8. The number of halogens is 2. The first-order chi connectivity index (χ1) is 15.5. The van der Waals surface area contributed by atoms with E-state index < -0.39 is 34.3 Å². The molecule has 7 nitrogen and oxygen atoms in total. The maximum atomic E-state index is 13.4. The lowest BCUT2D eigenvalue weighted by molar-refractivity contribution is -0.139. The molecule has 0 saturated heterocycles. The van der Waals surface area contributed by atoms with Gasteiger partial charge in [0.15, 0.2) is 0 Å². The average molecular weight is 542 g/mol. The van der Waals surface area contributed by atoms with Gasteiger partial charge in [-0.2, -0.15) is 0 Å². The fourth-order valence-electron chi connectivity index (χ4n) is 3.17. The summed E-state index contributed by atoms with van der Waals surface area (Å²) in [4.78, 5) is 27.4. The Hall–Kier alpha value is -2.46. The second kappa shape index (κ2) is 12.1. The molecule has 0 aliphatic rings. The molecule has 0 aliphatic heterocycles. The number of unbranched alkanes of at least 4 members (excludes halogenated alkanes) is 1. The van der Waals surface area contributed by atoms with Crippen molar-refractivity contribution in [2.24, 2.45) is 0 Å². The zero-order valence-electron chi connectivity index (χ0n) is 18.9. The Morgan fingerprint density at radius 2 is 1.82 bits per heavy atom. The van der Waals surface area contributed by atoms with Crippen molar-refractivity contribution >= 4 is 43.5 Å². The van der Waals surface area contributed by atoms with E-state index in [1.807, 2.05) is 31.2 Å². The molecule has 0 fully saturated rings. The van der Waals surface area contributed by atoms with Crippen molar-refractivity contribution in [2.45, 2.75) is 39.3 Å². The van der Waals surface area contributed by atoms with Gasteiger partial charge in [-0.1, -0.05) is 41.4 Å². The molecule has 0 heterocycles. The minimum absolute atomic E-state index is 0.113. The lowest BCUT2D eigenvalue weighted by Crippen LogP contribution is -2.51. The van der Waals surface area contributed by atoms with Crippen LogP contribution >= 0.6 is 15.9 Å². The molecular formula is C23H29BrFN3O4S. The molecule has 1 N–H and O–H groups in total. The summed E-state index contributed by atoms with van der Waals surface area (Å²) in [6.45, 7) is 3.70. The number of carbonyl (C=O) groups excluding carboxylic acids is 2. The van der Waals surface area contributed by atoms with Gasteiger partial charge in [0.25, 0.3) is 0 Å². The standard InChI is InChI=1S/C23H29BrFN3O4S/c1-4-5-13-26-23(30)17(2)27(15-18-7-6-8-19(24)14-18)22(29)16-28(33(3,31)32)21-11-9-20(25)10-12-21/h6-12,14,17H,4-5,13,15-16H2,1-3H3,(H,26,30). The smallest absolute Gasteiger partial charge is 0.244 e. The molecule has 2 rings (SSSR count). The lowest BCUT2D eigenvalue weighted by Gasteiger charge is -2.31. The SMILES string of the molecule is CCCCNC(=O)C(C)N(Cc1cccc(Br)c1)C(=O)CN(c1ccc(F)cc1)S(C)(=O)=O. The summed E-state index contributed by atoms with van der Waals surface area (Å²) in [6, 6.07) is 11.3. The largest absolute Gasteiger partial charge is 0.354 e. The van der Waals surface area contributed by atoms with Crippen LogP contribution in [0.2, 0.25) is 0 Å². The summed E-state index contributed by atoms with van der Waals surface area (Å²) < 4.78 is 39.9. The Bertz CT molecular complexity index is 1060. The molecular weight excluding hydrogens is 513 g/mol. The zero-order valence-corrected chi connectivity index (χ0v) is 21.3. The lowest BCUT2D eigenvalue weighted by atomic mass is 10.1. The van der Waals surface area contributed by atoms with Gasteiger partial charge in [0, 0.05) is 17.6 Å². The normalized spacial score (nSPS) is 12.2. The third-order valence-corrected chi connectivity index (χ3v) is 6.67. The number of nitrogens with zero attached hydrogens (tertiary/aromatic N) is 2. The topological polar surface area (TPSA) is 86.8 Å². The van der Waals surface area contributed by atoms with Crippen molar-refractivity contribution in [3.63, 3.8) is 0 Å². The summed E-state index contributed by atoms with van der Waals surface area (Å²) in [5.74, 6) is -1.39. The van der Waals surface area contributed by atoms with Crippen LogP contribution in [0.3, 0.4) is 0 Å². The molecule has 1 unspecified atom stereocenters. The maximum Gasteiger partial charge on any atom is 0.244 e. The number of sulfonamides is 1. The number of amides is 2. The van der Waals surface area contributed by atoms with Crippen LogP contribution in [0.4, 0.5) is 10.1 Å². The monoisotopic (exact) mass is 541 g/mol. The molecule has 2 aromatic rings. The van der Waals surface area contributed by atoms with Gasteiger partial charge in [0.2, 0.25) is 21.8 Å². The van der Waals surface area contributed by atoms with E-state index in [0.29, 0.717) is 6.54 Å². The fourth-order valence-corrected chi connectivity index (χ4v) is 4.47. The van der Waals surface area contributed by atoms with E-state index in [2.05, 4.69) is 21.2 Å². The Morgan fingerprint density at radius 1 is 1.15 bits per heavy atom.